The van der Waals surface area contributed by atoms with E-state index in [1.54, 1.807) is 0 Å². The molecule has 1 heterocycles. The zero-order valence-electron chi connectivity index (χ0n) is 12.4. The van der Waals surface area contributed by atoms with Gasteiger partial charge in [-0.1, -0.05) is 19.8 Å². The Balaban J connectivity index is 1.71. The number of hydrogen-bond acceptors (Lipinski definition) is 3. The molecule has 1 fully saturated rings. The number of ether oxygens (including phenoxy) is 1. The largest absolute Gasteiger partial charge is 0.458 e. The van der Waals surface area contributed by atoms with Crippen molar-refractivity contribution in [3.63, 3.8) is 0 Å². The molecule has 1 aliphatic carbocycles. The van der Waals surface area contributed by atoms with Gasteiger partial charge in [0, 0.05) is 16.6 Å². The van der Waals surface area contributed by atoms with Crippen molar-refractivity contribution in [2.75, 3.05) is 5.73 Å². The quantitative estimate of drug-likeness (QED) is 0.664. The number of aromatic amines is 1. The molecule has 1 saturated carbocycles. The fourth-order valence-electron chi connectivity index (χ4n) is 3.20. The Morgan fingerprint density at radius 1 is 1.38 bits per heavy atom. The maximum Gasteiger partial charge on any atom is 0.355 e. The predicted molar refractivity (Wildman–Crippen MR) is 84.2 cm³/mol. The predicted octanol–water partition coefficient (Wildman–Crippen LogP) is 3.88. The molecule has 1 aliphatic rings. The van der Waals surface area contributed by atoms with E-state index in [1.165, 1.54) is 12.8 Å². The molecule has 4 nitrogen and oxygen atoms in total. The number of hydrogen-bond donors (Lipinski definition) is 2. The molecule has 0 amide bonds. The van der Waals surface area contributed by atoms with Crippen molar-refractivity contribution in [2.45, 2.75) is 45.1 Å². The number of nitrogens with one attached hydrogen (secondary N) is 1. The second-order valence-electron chi connectivity index (χ2n) is 6.00. The van der Waals surface area contributed by atoms with Crippen LogP contribution < -0.4 is 5.73 Å². The number of carbonyl (C=O) groups is 1. The Hall–Kier alpha value is -1.97. The zero-order valence-corrected chi connectivity index (χ0v) is 12.4. The highest BCUT2D eigenvalue weighted by Gasteiger charge is 2.24. The second kappa shape index (κ2) is 5.80. The van der Waals surface area contributed by atoms with Gasteiger partial charge in [-0.2, -0.15) is 0 Å². The molecule has 0 radical (unpaired) electrons. The Kier molecular flexibility index (Phi) is 3.86. The molecule has 2 atom stereocenters. The van der Waals surface area contributed by atoms with Gasteiger partial charge < -0.3 is 15.5 Å². The molecule has 21 heavy (non-hydrogen) atoms. The van der Waals surface area contributed by atoms with Gasteiger partial charge in [0.1, 0.15) is 11.8 Å². The maximum absolute atomic E-state index is 12.3. The first-order chi connectivity index (χ1) is 10.2. The van der Waals surface area contributed by atoms with Gasteiger partial charge in [-0.15, -0.1) is 0 Å². The molecule has 3 N–H and O–H groups in total. The molecule has 4 heteroatoms. The highest BCUT2D eigenvalue weighted by molar-refractivity contribution is 5.95. The third kappa shape index (κ3) is 3.04. The van der Waals surface area contributed by atoms with Gasteiger partial charge in [0.2, 0.25) is 0 Å². The molecule has 0 saturated heterocycles. The number of H-pyrrole nitrogens is 1. The van der Waals surface area contributed by atoms with Gasteiger partial charge in [-0.3, -0.25) is 0 Å². The zero-order chi connectivity index (χ0) is 14.8. The third-order valence-corrected chi connectivity index (χ3v) is 4.45. The van der Waals surface area contributed by atoms with Gasteiger partial charge in [0.15, 0.2) is 0 Å². The van der Waals surface area contributed by atoms with Crippen molar-refractivity contribution in [1.82, 2.24) is 4.98 Å². The highest BCUT2D eigenvalue weighted by Crippen LogP contribution is 2.29. The van der Waals surface area contributed by atoms with Crippen molar-refractivity contribution < 1.29 is 9.53 Å². The van der Waals surface area contributed by atoms with Crippen LogP contribution in [0.3, 0.4) is 0 Å². The first kappa shape index (κ1) is 14.0. The molecule has 1 aromatic carbocycles. The molecule has 112 valence electrons. The molecule has 2 unspecified atom stereocenters. The summed E-state index contributed by atoms with van der Waals surface area (Å²) >= 11 is 0. The fourth-order valence-corrected chi connectivity index (χ4v) is 3.20. The van der Waals surface area contributed by atoms with Crippen molar-refractivity contribution in [2.24, 2.45) is 5.92 Å². The Morgan fingerprint density at radius 3 is 3.05 bits per heavy atom. The molecule has 0 bridgehead atoms. The van der Waals surface area contributed by atoms with Crippen LogP contribution in [-0.4, -0.2) is 17.1 Å². The van der Waals surface area contributed by atoms with Gasteiger partial charge in [0.05, 0.1) is 0 Å². The van der Waals surface area contributed by atoms with E-state index in [1.807, 2.05) is 24.3 Å². The average Bonchev–Trinajstić information content (AvgIpc) is 2.90. The van der Waals surface area contributed by atoms with Gasteiger partial charge >= 0.3 is 5.97 Å². The summed E-state index contributed by atoms with van der Waals surface area (Å²) in [5.41, 5.74) is 7.87. The maximum atomic E-state index is 12.3. The number of aromatic nitrogens is 1. The third-order valence-electron chi connectivity index (χ3n) is 4.45. The Bertz CT molecular complexity index is 647. The molecule has 1 aromatic heterocycles. The molecule has 3 rings (SSSR count). The molecular formula is C17H22N2O2. The van der Waals surface area contributed by atoms with Crippen LogP contribution >= 0.6 is 0 Å². The van der Waals surface area contributed by atoms with Crippen LogP contribution in [0.15, 0.2) is 24.3 Å². The van der Waals surface area contributed by atoms with E-state index < -0.39 is 0 Å². The second-order valence-corrected chi connectivity index (χ2v) is 6.00. The summed E-state index contributed by atoms with van der Waals surface area (Å²) in [5.74, 6) is 0.436. The smallest absolute Gasteiger partial charge is 0.355 e. The topological polar surface area (TPSA) is 68.1 Å². The highest BCUT2D eigenvalue weighted by atomic mass is 16.5. The van der Waals surface area contributed by atoms with Gasteiger partial charge in [-0.05, 0) is 49.4 Å². The molecular weight excluding hydrogens is 264 g/mol. The van der Waals surface area contributed by atoms with E-state index in [-0.39, 0.29) is 12.1 Å². The minimum atomic E-state index is -0.258. The number of benzene rings is 1. The van der Waals surface area contributed by atoms with Crippen LogP contribution in [0, 0.1) is 5.92 Å². The normalized spacial score (nSPS) is 22.3. The summed E-state index contributed by atoms with van der Waals surface area (Å²) in [4.78, 5) is 15.4. The first-order valence-electron chi connectivity index (χ1n) is 7.75. The van der Waals surface area contributed by atoms with Crippen LogP contribution in [0.5, 0.6) is 0 Å². The molecule has 0 spiro atoms. The number of fused-ring (bicyclic) bond motifs is 1. The van der Waals surface area contributed by atoms with Gasteiger partial charge in [-0.25, -0.2) is 4.79 Å². The number of esters is 1. The van der Waals surface area contributed by atoms with E-state index in [0.29, 0.717) is 17.3 Å². The number of rotatable bonds is 3. The monoisotopic (exact) mass is 286 g/mol. The van der Waals surface area contributed by atoms with E-state index in [2.05, 4.69) is 11.9 Å². The number of nitrogen functional groups attached to an aromatic ring is 1. The number of anilines is 1. The number of carbonyl (C=O) groups excluding carboxylic acids is 1. The lowest BCUT2D eigenvalue weighted by Gasteiger charge is -2.27. The summed E-state index contributed by atoms with van der Waals surface area (Å²) in [6.07, 6.45) is 5.62. The summed E-state index contributed by atoms with van der Waals surface area (Å²) in [5, 5.41) is 0.942. The van der Waals surface area contributed by atoms with E-state index in [0.717, 1.165) is 30.2 Å². The fraction of sp³-hybridized carbons (Fsp3) is 0.471. The van der Waals surface area contributed by atoms with E-state index in [9.17, 15) is 4.79 Å². The standard InChI is InChI=1S/C17H22N2O2/c1-2-11-4-3-5-14(8-11)21-17(20)16-10-12-9-13(18)6-7-15(12)19-16/h6-7,9-11,14,19H,2-5,8,18H2,1H3. The van der Waals surface area contributed by atoms with Crippen molar-refractivity contribution in [3.8, 4) is 0 Å². The minimum absolute atomic E-state index is 0.0627. The van der Waals surface area contributed by atoms with Crippen LogP contribution in [0.1, 0.15) is 49.5 Å². The number of nitrogens with two attached hydrogens (primary N) is 1. The van der Waals surface area contributed by atoms with E-state index >= 15 is 0 Å². The van der Waals surface area contributed by atoms with Crippen molar-refractivity contribution >= 4 is 22.6 Å². The van der Waals surface area contributed by atoms with Gasteiger partial charge in [0.25, 0.3) is 0 Å². The van der Waals surface area contributed by atoms with Crippen LogP contribution in [0.2, 0.25) is 0 Å². The van der Waals surface area contributed by atoms with Crippen LogP contribution in [0.4, 0.5) is 5.69 Å². The Labute approximate surface area is 124 Å². The lowest BCUT2D eigenvalue weighted by Crippen LogP contribution is -2.25. The lowest BCUT2D eigenvalue weighted by atomic mass is 9.85. The van der Waals surface area contributed by atoms with Crippen LogP contribution in [-0.2, 0) is 4.74 Å². The summed E-state index contributed by atoms with van der Waals surface area (Å²) in [6.45, 7) is 2.21. The van der Waals surface area contributed by atoms with E-state index in [4.69, 9.17) is 10.5 Å². The van der Waals surface area contributed by atoms with Crippen molar-refractivity contribution in [3.05, 3.63) is 30.0 Å². The Morgan fingerprint density at radius 2 is 2.24 bits per heavy atom. The van der Waals surface area contributed by atoms with Crippen molar-refractivity contribution in [1.29, 1.82) is 0 Å². The minimum Gasteiger partial charge on any atom is -0.458 e. The summed E-state index contributed by atoms with van der Waals surface area (Å²) < 4.78 is 5.67. The summed E-state index contributed by atoms with van der Waals surface area (Å²) in [6, 6.07) is 7.38. The van der Waals surface area contributed by atoms with Crippen LogP contribution in [0.25, 0.3) is 10.9 Å². The molecule has 2 aromatic rings. The SMILES string of the molecule is CCC1CCCC(OC(=O)c2cc3cc(N)ccc3[nH]2)C1. The first-order valence-corrected chi connectivity index (χ1v) is 7.75. The summed E-state index contributed by atoms with van der Waals surface area (Å²) in [7, 11) is 0. The average molecular weight is 286 g/mol. The lowest BCUT2D eigenvalue weighted by molar-refractivity contribution is 0.0134. The molecule has 0 aliphatic heterocycles.